The number of likely N-dealkylation sites (tertiary alicyclic amines) is 1. The molecule has 9 heteroatoms. The SMILES string of the molecule is Cc1c(C(=O)N2CCCCC2C(=O)O)nnn1Cc1ccc(F)cc1F. The molecule has 1 aliphatic heterocycles. The van der Waals surface area contributed by atoms with Crippen LogP contribution in [0.5, 0.6) is 0 Å². The molecule has 0 saturated carbocycles. The summed E-state index contributed by atoms with van der Waals surface area (Å²) < 4.78 is 28.2. The number of benzene rings is 1. The maximum Gasteiger partial charge on any atom is 0.326 e. The fourth-order valence-corrected chi connectivity index (χ4v) is 3.09. The number of carboxylic acids is 1. The maximum atomic E-state index is 13.8. The lowest BCUT2D eigenvalue weighted by Gasteiger charge is -2.32. The first-order valence-corrected chi connectivity index (χ1v) is 8.26. The molecule has 0 aliphatic carbocycles. The zero-order valence-corrected chi connectivity index (χ0v) is 14.2. The molecular weight excluding hydrogens is 346 g/mol. The van der Waals surface area contributed by atoms with Crippen LogP contribution in [0.25, 0.3) is 0 Å². The molecule has 1 aromatic carbocycles. The lowest BCUT2D eigenvalue weighted by Crippen LogP contribution is -2.48. The molecule has 1 amide bonds. The van der Waals surface area contributed by atoms with Gasteiger partial charge in [0.05, 0.1) is 12.2 Å². The van der Waals surface area contributed by atoms with Crippen LogP contribution in [-0.4, -0.2) is 49.5 Å². The standard InChI is InChI=1S/C17H18F2N4O3/c1-10-15(16(24)22-7-3-2-4-14(22)17(25)26)20-21-23(10)9-11-5-6-12(18)8-13(11)19/h5-6,8,14H,2-4,7,9H2,1H3,(H,25,26). The summed E-state index contributed by atoms with van der Waals surface area (Å²) in [6, 6.07) is 2.34. The lowest BCUT2D eigenvalue weighted by molar-refractivity contribution is -0.143. The van der Waals surface area contributed by atoms with E-state index < -0.39 is 29.6 Å². The van der Waals surface area contributed by atoms with Gasteiger partial charge in [-0.25, -0.2) is 18.3 Å². The fourth-order valence-electron chi connectivity index (χ4n) is 3.09. The maximum absolute atomic E-state index is 13.8. The van der Waals surface area contributed by atoms with E-state index in [0.29, 0.717) is 18.7 Å². The van der Waals surface area contributed by atoms with Crippen LogP contribution in [-0.2, 0) is 11.3 Å². The van der Waals surface area contributed by atoms with E-state index in [-0.39, 0.29) is 17.8 Å². The van der Waals surface area contributed by atoms with Gasteiger partial charge in [0.15, 0.2) is 5.69 Å². The Labute approximate surface area is 148 Å². The van der Waals surface area contributed by atoms with Gasteiger partial charge in [-0.15, -0.1) is 5.10 Å². The molecule has 0 bridgehead atoms. The number of carbonyl (C=O) groups excluding carboxylic acids is 1. The second kappa shape index (κ2) is 7.19. The fraction of sp³-hybridized carbons (Fsp3) is 0.412. The van der Waals surface area contributed by atoms with Crippen molar-refractivity contribution in [2.45, 2.75) is 38.8 Å². The van der Waals surface area contributed by atoms with E-state index in [1.807, 2.05) is 0 Å². The van der Waals surface area contributed by atoms with E-state index in [0.717, 1.165) is 25.0 Å². The van der Waals surface area contributed by atoms with Crippen LogP contribution in [0.15, 0.2) is 18.2 Å². The highest BCUT2D eigenvalue weighted by atomic mass is 19.1. The summed E-state index contributed by atoms with van der Waals surface area (Å²) in [6.45, 7) is 1.93. The summed E-state index contributed by atoms with van der Waals surface area (Å²) in [7, 11) is 0. The second-order valence-corrected chi connectivity index (χ2v) is 6.27. The van der Waals surface area contributed by atoms with E-state index in [2.05, 4.69) is 10.3 Å². The van der Waals surface area contributed by atoms with Crippen molar-refractivity contribution in [1.82, 2.24) is 19.9 Å². The molecule has 2 aromatic rings. The van der Waals surface area contributed by atoms with Gasteiger partial charge in [0, 0.05) is 18.2 Å². The molecule has 1 N–H and O–H groups in total. The van der Waals surface area contributed by atoms with Crippen LogP contribution >= 0.6 is 0 Å². The van der Waals surface area contributed by atoms with Crippen molar-refractivity contribution in [3.8, 4) is 0 Å². The smallest absolute Gasteiger partial charge is 0.326 e. The molecule has 2 heterocycles. The highest BCUT2D eigenvalue weighted by Gasteiger charge is 2.34. The third-order valence-corrected chi connectivity index (χ3v) is 4.57. The van der Waals surface area contributed by atoms with E-state index in [1.54, 1.807) is 6.92 Å². The van der Waals surface area contributed by atoms with Gasteiger partial charge >= 0.3 is 5.97 Å². The van der Waals surface area contributed by atoms with Crippen LogP contribution in [0.3, 0.4) is 0 Å². The molecule has 138 valence electrons. The molecule has 1 saturated heterocycles. The van der Waals surface area contributed by atoms with Crippen LogP contribution < -0.4 is 0 Å². The number of piperidine rings is 1. The largest absolute Gasteiger partial charge is 0.480 e. The van der Waals surface area contributed by atoms with Gasteiger partial charge < -0.3 is 10.0 Å². The van der Waals surface area contributed by atoms with Crippen molar-refractivity contribution >= 4 is 11.9 Å². The molecule has 0 radical (unpaired) electrons. The van der Waals surface area contributed by atoms with Crippen molar-refractivity contribution in [1.29, 1.82) is 0 Å². The number of aliphatic carboxylic acids is 1. The minimum atomic E-state index is -1.04. The van der Waals surface area contributed by atoms with Gasteiger partial charge in [0.1, 0.15) is 17.7 Å². The summed E-state index contributed by atoms with van der Waals surface area (Å²) in [5.74, 6) is -2.94. The Morgan fingerprint density at radius 3 is 2.77 bits per heavy atom. The Kier molecular flexibility index (Phi) is 4.97. The zero-order valence-electron chi connectivity index (χ0n) is 14.2. The third-order valence-electron chi connectivity index (χ3n) is 4.57. The summed E-state index contributed by atoms with van der Waals surface area (Å²) in [5.41, 5.74) is 0.647. The van der Waals surface area contributed by atoms with Crippen molar-refractivity contribution in [3.05, 3.63) is 46.8 Å². The van der Waals surface area contributed by atoms with Crippen molar-refractivity contribution in [2.24, 2.45) is 0 Å². The minimum absolute atomic E-state index is 0.0133. The molecule has 0 spiro atoms. The molecule has 1 atom stereocenters. The van der Waals surface area contributed by atoms with E-state index >= 15 is 0 Å². The molecular formula is C17H18F2N4O3. The monoisotopic (exact) mass is 364 g/mol. The van der Waals surface area contributed by atoms with Gasteiger partial charge in [-0.05, 0) is 32.3 Å². The Balaban J connectivity index is 1.84. The quantitative estimate of drug-likeness (QED) is 0.896. The van der Waals surface area contributed by atoms with Crippen LogP contribution in [0, 0.1) is 18.6 Å². The lowest BCUT2D eigenvalue weighted by atomic mass is 10.0. The molecule has 1 unspecified atom stereocenters. The number of aromatic nitrogens is 3. The molecule has 1 aromatic heterocycles. The highest BCUT2D eigenvalue weighted by molar-refractivity contribution is 5.95. The Hall–Kier alpha value is -2.84. The number of hydrogen-bond donors (Lipinski definition) is 1. The Morgan fingerprint density at radius 2 is 2.08 bits per heavy atom. The van der Waals surface area contributed by atoms with E-state index in [9.17, 15) is 23.5 Å². The first-order chi connectivity index (χ1) is 12.4. The summed E-state index contributed by atoms with van der Waals surface area (Å²) in [4.78, 5) is 25.4. The van der Waals surface area contributed by atoms with E-state index in [4.69, 9.17) is 0 Å². The first-order valence-electron chi connectivity index (χ1n) is 8.26. The van der Waals surface area contributed by atoms with Gasteiger partial charge in [0.2, 0.25) is 0 Å². The molecule has 3 rings (SSSR count). The van der Waals surface area contributed by atoms with Gasteiger partial charge in [-0.1, -0.05) is 11.3 Å². The zero-order chi connectivity index (χ0) is 18.8. The number of hydrogen-bond acceptors (Lipinski definition) is 4. The van der Waals surface area contributed by atoms with Gasteiger partial charge in [0.25, 0.3) is 5.91 Å². The predicted octanol–water partition coefficient (Wildman–Crippen LogP) is 1.99. The van der Waals surface area contributed by atoms with Gasteiger partial charge in [-0.2, -0.15) is 0 Å². The number of carboxylic acid groups (broad SMARTS) is 1. The minimum Gasteiger partial charge on any atom is -0.480 e. The molecule has 26 heavy (non-hydrogen) atoms. The molecule has 1 aliphatic rings. The third kappa shape index (κ3) is 3.42. The summed E-state index contributed by atoms with van der Waals surface area (Å²) >= 11 is 0. The topological polar surface area (TPSA) is 88.3 Å². The average molecular weight is 364 g/mol. The number of rotatable bonds is 4. The normalized spacial score (nSPS) is 17.3. The average Bonchev–Trinajstić information content (AvgIpc) is 2.97. The van der Waals surface area contributed by atoms with Gasteiger partial charge in [-0.3, -0.25) is 4.79 Å². The summed E-state index contributed by atoms with van der Waals surface area (Å²) in [5, 5.41) is 17.1. The number of carbonyl (C=O) groups is 2. The summed E-state index contributed by atoms with van der Waals surface area (Å²) in [6.07, 6.45) is 1.87. The van der Waals surface area contributed by atoms with Crippen molar-refractivity contribution in [3.63, 3.8) is 0 Å². The Bertz CT molecular complexity index is 853. The van der Waals surface area contributed by atoms with Crippen molar-refractivity contribution in [2.75, 3.05) is 6.54 Å². The van der Waals surface area contributed by atoms with Crippen LogP contribution in [0.1, 0.15) is 41.0 Å². The number of amides is 1. The Morgan fingerprint density at radius 1 is 1.31 bits per heavy atom. The van der Waals surface area contributed by atoms with E-state index in [1.165, 1.54) is 15.6 Å². The molecule has 7 nitrogen and oxygen atoms in total. The van der Waals surface area contributed by atoms with Crippen LogP contribution in [0.4, 0.5) is 8.78 Å². The highest BCUT2D eigenvalue weighted by Crippen LogP contribution is 2.21. The van der Waals surface area contributed by atoms with Crippen LogP contribution in [0.2, 0.25) is 0 Å². The molecule has 1 fully saturated rings. The first kappa shape index (κ1) is 18.0. The van der Waals surface area contributed by atoms with Crippen molar-refractivity contribution < 1.29 is 23.5 Å². The predicted molar refractivity (Wildman–Crippen MR) is 86.5 cm³/mol. The number of halogens is 2. The number of nitrogens with zero attached hydrogens (tertiary/aromatic N) is 4. The second-order valence-electron chi connectivity index (χ2n) is 6.27.